The van der Waals surface area contributed by atoms with Gasteiger partial charge in [-0.25, -0.2) is 9.97 Å². The molecule has 0 aromatic carbocycles. The minimum atomic E-state index is 0.926. The van der Waals surface area contributed by atoms with Crippen LogP contribution < -0.4 is 0 Å². The van der Waals surface area contributed by atoms with Crippen molar-refractivity contribution in [1.82, 2.24) is 14.4 Å². The fraction of sp³-hybridized carbons (Fsp3) is 0.125. The molecule has 0 N–H and O–H groups in total. The molecule has 3 rings (SSSR count). The molecule has 0 aliphatic heterocycles. The number of allylic oxidation sites excluding steroid dienone is 2. The normalized spacial score (nSPS) is 11.7. The Hall–Kier alpha value is -2.42. The molecule has 0 radical (unpaired) electrons. The Balaban J connectivity index is 2.41. The van der Waals surface area contributed by atoms with Gasteiger partial charge in [0.05, 0.1) is 16.7 Å². The lowest BCUT2D eigenvalue weighted by Gasteiger charge is -2.03. The molecule has 0 bridgehead atoms. The first-order valence-corrected chi connectivity index (χ1v) is 6.24. The van der Waals surface area contributed by atoms with Gasteiger partial charge in [-0.3, -0.25) is 4.40 Å². The topological polar surface area (TPSA) is 30.2 Å². The van der Waals surface area contributed by atoms with E-state index in [9.17, 15) is 0 Å². The van der Waals surface area contributed by atoms with Crippen LogP contribution >= 0.6 is 0 Å². The lowest BCUT2D eigenvalue weighted by atomic mass is 10.2. The van der Waals surface area contributed by atoms with E-state index in [1.807, 2.05) is 37.5 Å². The zero-order chi connectivity index (χ0) is 13.4. The Morgan fingerprint density at radius 1 is 1.26 bits per heavy atom. The maximum absolute atomic E-state index is 4.61. The molecule has 0 saturated carbocycles. The van der Waals surface area contributed by atoms with E-state index in [4.69, 9.17) is 0 Å². The molecule has 3 aromatic rings. The third-order valence-electron chi connectivity index (χ3n) is 3.23. The number of nitrogens with zero attached hydrogens (tertiary/aromatic N) is 3. The first-order valence-electron chi connectivity index (χ1n) is 6.24. The third kappa shape index (κ3) is 1.83. The van der Waals surface area contributed by atoms with Gasteiger partial charge in [-0.15, -0.1) is 0 Å². The van der Waals surface area contributed by atoms with Crippen LogP contribution in [0.3, 0.4) is 0 Å². The summed E-state index contributed by atoms with van der Waals surface area (Å²) in [6, 6.07) is 6.15. The SMILES string of the molecule is C=C/C=C\c1c(C)cc2c3nc(C)ccc3ncn12. The molecule has 3 nitrogen and oxygen atoms in total. The summed E-state index contributed by atoms with van der Waals surface area (Å²) in [5, 5.41) is 0. The van der Waals surface area contributed by atoms with Crippen LogP contribution in [0.5, 0.6) is 0 Å². The molecular weight excluding hydrogens is 234 g/mol. The zero-order valence-corrected chi connectivity index (χ0v) is 11.1. The van der Waals surface area contributed by atoms with Crippen LogP contribution in [0.25, 0.3) is 22.6 Å². The second-order valence-electron chi connectivity index (χ2n) is 4.63. The molecule has 0 aliphatic rings. The van der Waals surface area contributed by atoms with Gasteiger partial charge in [-0.1, -0.05) is 18.7 Å². The van der Waals surface area contributed by atoms with E-state index in [1.54, 1.807) is 6.08 Å². The molecule has 0 aliphatic carbocycles. The van der Waals surface area contributed by atoms with Gasteiger partial charge < -0.3 is 0 Å². The van der Waals surface area contributed by atoms with Crippen molar-refractivity contribution in [3.63, 3.8) is 0 Å². The van der Waals surface area contributed by atoms with Crippen LogP contribution in [-0.2, 0) is 0 Å². The smallest absolute Gasteiger partial charge is 0.113 e. The predicted molar refractivity (Wildman–Crippen MR) is 79.2 cm³/mol. The molecule has 0 saturated heterocycles. The minimum Gasteiger partial charge on any atom is -0.298 e. The second kappa shape index (κ2) is 4.35. The summed E-state index contributed by atoms with van der Waals surface area (Å²) in [4.78, 5) is 9.08. The van der Waals surface area contributed by atoms with Gasteiger partial charge in [0.1, 0.15) is 11.8 Å². The molecule has 0 amide bonds. The molecule has 0 spiro atoms. The number of hydrogen-bond donors (Lipinski definition) is 0. The monoisotopic (exact) mass is 249 g/mol. The van der Waals surface area contributed by atoms with Gasteiger partial charge in [0.2, 0.25) is 0 Å². The lowest BCUT2D eigenvalue weighted by Crippen LogP contribution is -1.94. The number of fused-ring (bicyclic) bond motifs is 3. The molecule has 3 heteroatoms. The molecule has 0 atom stereocenters. The van der Waals surface area contributed by atoms with E-state index in [0.717, 1.165) is 27.9 Å². The minimum absolute atomic E-state index is 0.926. The molecule has 0 fully saturated rings. The Morgan fingerprint density at radius 2 is 2.11 bits per heavy atom. The lowest BCUT2D eigenvalue weighted by molar-refractivity contribution is 1.09. The van der Waals surface area contributed by atoms with Crippen molar-refractivity contribution in [2.75, 3.05) is 0 Å². The van der Waals surface area contributed by atoms with E-state index < -0.39 is 0 Å². The summed E-state index contributed by atoms with van der Waals surface area (Å²) in [7, 11) is 0. The number of hydrogen-bond acceptors (Lipinski definition) is 2. The van der Waals surface area contributed by atoms with Gasteiger partial charge in [-0.2, -0.15) is 0 Å². The van der Waals surface area contributed by atoms with Crippen LogP contribution in [-0.4, -0.2) is 14.4 Å². The van der Waals surface area contributed by atoms with Crippen molar-refractivity contribution in [3.05, 3.63) is 60.2 Å². The summed E-state index contributed by atoms with van der Waals surface area (Å²) in [6.07, 6.45) is 7.60. The average Bonchev–Trinajstić information content (AvgIpc) is 2.72. The first kappa shape index (κ1) is 11.7. The van der Waals surface area contributed by atoms with Crippen molar-refractivity contribution in [1.29, 1.82) is 0 Å². The number of aryl methyl sites for hydroxylation is 2. The Kier molecular flexibility index (Phi) is 2.67. The van der Waals surface area contributed by atoms with Gasteiger partial charge >= 0.3 is 0 Å². The molecular formula is C16H15N3. The van der Waals surface area contributed by atoms with Gasteiger partial charge in [-0.05, 0) is 43.7 Å². The van der Waals surface area contributed by atoms with Crippen LogP contribution in [0.2, 0.25) is 0 Å². The summed E-state index contributed by atoms with van der Waals surface area (Å²) < 4.78 is 2.07. The zero-order valence-electron chi connectivity index (χ0n) is 11.1. The van der Waals surface area contributed by atoms with E-state index >= 15 is 0 Å². The summed E-state index contributed by atoms with van der Waals surface area (Å²) in [5.74, 6) is 0. The first-order chi connectivity index (χ1) is 9.20. The number of aromatic nitrogens is 3. The number of rotatable bonds is 2. The third-order valence-corrected chi connectivity index (χ3v) is 3.23. The van der Waals surface area contributed by atoms with E-state index in [2.05, 4.69) is 33.9 Å². The Labute approximate surface area is 111 Å². The van der Waals surface area contributed by atoms with Crippen molar-refractivity contribution >= 4 is 22.6 Å². The highest BCUT2D eigenvalue weighted by atomic mass is 15.0. The van der Waals surface area contributed by atoms with Gasteiger partial charge in [0.15, 0.2) is 0 Å². The standard InChI is InChI=1S/C16H15N3/c1-4-5-6-14-11(2)9-15-16-13(17-10-19(14)15)8-7-12(3)18-16/h4-10H,1H2,2-3H3/b6-5-. The highest BCUT2D eigenvalue weighted by molar-refractivity contribution is 5.91. The van der Waals surface area contributed by atoms with Gasteiger partial charge in [0, 0.05) is 5.69 Å². The van der Waals surface area contributed by atoms with Crippen LogP contribution in [0.4, 0.5) is 0 Å². The summed E-state index contributed by atoms with van der Waals surface area (Å²) in [6.45, 7) is 7.80. The highest BCUT2D eigenvalue weighted by Gasteiger charge is 2.09. The van der Waals surface area contributed by atoms with Gasteiger partial charge in [0.25, 0.3) is 0 Å². The van der Waals surface area contributed by atoms with Crippen molar-refractivity contribution in [2.24, 2.45) is 0 Å². The summed E-state index contributed by atoms with van der Waals surface area (Å²) in [5.41, 5.74) is 6.29. The fourth-order valence-corrected chi connectivity index (χ4v) is 2.31. The highest BCUT2D eigenvalue weighted by Crippen LogP contribution is 2.23. The molecule has 19 heavy (non-hydrogen) atoms. The molecule has 0 unspecified atom stereocenters. The van der Waals surface area contributed by atoms with Crippen LogP contribution in [0.15, 0.2) is 43.3 Å². The average molecular weight is 249 g/mol. The van der Waals surface area contributed by atoms with Crippen molar-refractivity contribution in [2.45, 2.75) is 13.8 Å². The summed E-state index contributed by atoms with van der Waals surface area (Å²) >= 11 is 0. The maximum Gasteiger partial charge on any atom is 0.113 e. The Morgan fingerprint density at radius 3 is 2.89 bits per heavy atom. The quantitative estimate of drug-likeness (QED) is 0.648. The maximum atomic E-state index is 4.61. The fourth-order valence-electron chi connectivity index (χ4n) is 2.31. The van der Waals surface area contributed by atoms with E-state index in [-0.39, 0.29) is 0 Å². The molecule has 3 aromatic heterocycles. The largest absolute Gasteiger partial charge is 0.298 e. The molecule has 94 valence electrons. The second-order valence-corrected chi connectivity index (χ2v) is 4.63. The van der Waals surface area contributed by atoms with E-state index in [1.165, 1.54) is 5.56 Å². The van der Waals surface area contributed by atoms with Crippen LogP contribution in [0, 0.1) is 13.8 Å². The van der Waals surface area contributed by atoms with Crippen molar-refractivity contribution in [3.8, 4) is 0 Å². The van der Waals surface area contributed by atoms with E-state index in [0.29, 0.717) is 0 Å². The Bertz CT molecular complexity index is 810. The number of pyridine rings is 1. The predicted octanol–water partition coefficient (Wildman–Crippen LogP) is 3.70. The van der Waals surface area contributed by atoms with Crippen molar-refractivity contribution < 1.29 is 0 Å². The van der Waals surface area contributed by atoms with Crippen LogP contribution in [0.1, 0.15) is 17.0 Å². The molecule has 3 heterocycles.